The van der Waals surface area contributed by atoms with E-state index in [2.05, 4.69) is 39.4 Å². The van der Waals surface area contributed by atoms with Crippen LogP contribution in [0.3, 0.4) is 0 Å². The number of ether oxygens (including phenoxy) is 1. The molecule has 0 aliphatic carbocycles. The third kappa shape index (κ3) is 7.54. The summed E-state index contributed by atoms with van der Waals surface area (Å²) >= 11 is 0. The topological polar surface area (TPSA) is 69.2 Å². The SMILES string of the molecule is CCN(C)CCNC(=NC)N1CCC(NC(=O)OC(C)(C)C)C1. The summed E-state index contributed by atoms with van der Waals surface area (Å²) in [6.45, 7) is 12.2. The number of nitrogens with zero attached hydrogens (tertiary/aromatic N) is 3. The molecule has 1 amide bonds. The van der Waals surface area contributed by atoms with Crippen LogP contribution in [-0.2, 0) is 4.74 Å². The number of rotatable bonds is 5. The number of hydrogen-bond acceptors (Lipinski definition) is 4. The van der Waals surface area contributed by atoms with Gasteiger partial charge in [-0.3, -0.25) is 4.99 Å². The Morgan fingerprint density at radius 1 is 1.43 bits per heavy atom. The molecule has 1 fully saturated rings. The van der Waals surface area contributed by atoms with Crippen LogP contribution >= 0.6 is 0 Å². The predicted octanol–water partition coefficient (Wildman–Crippen LogP) is 1.11. The first-order valence-corrected chi connectivity index (χ1v) is 8.38. The second-order valence-electron chi connectivity index (χ2n) is 6.95. The molecular formula is C16H33N5O2. The van der Waals surface area contributed by atoms with Gasteiger partial charge in [0.1, 0.15) is 5.60 Å². The molecule has 0 bridgehead atoms. The summed E-state index contributed by atoms with van der Waals surface area (Å²) < 4.78 is 5.31. The van der Waals surface area contributed by atoms with Crippen LogP contribution in [0, 0.1) is 0 Å². The summed E-state index contributed by atoms with van der Waals surface area (Å²) in [6, 6.07) is 0.0988. The molecule has 0 aromatic carbocycles. The molecule has 23 heavy (non-hydrogen) atoms. The van der Waals surface area contributed by atoms with Crippen LogP contribution in [0.5, 0.6) is 0 Å². The van der Waals surface area contributed by atoms with Crippen LogP contribution in [0.2, 0.25) is 0 Å². The summed E-state index contributed by atoms with van der Waals surface area (Å²) in [4.78, 5) is 20.6. The number of carbonyl (C=O) groups excluding carboxylic acids is 1. The van der Waals surface area contributed by atoms with Gasteiger partial charge in [0.05, 0.1) is 6.04 Å². The first-order valence-electron chi connectivity index (χ1n) is 8.38. The Labute approximate surface area is 140 Å². The third-order valence-electron chi connectivity index (χ3n) is 3.74. The van der Waals surface area contributed by atoms with Gasteiger partial charge in [0.2, 0.25) is 0 Å². The highest BCUT2D eigenvalue weighted by Gasteiger charge is 2.27. The molecule has 0 spiro atoms. The van der Waals surface area contributed by atoms with Gasteiger partial charge < -0.3 is 25.2 Å². The number of guanidine groups is 1. The number of amides is 1. The van der Waals surface area contributed by atoms with Crippen LogP contribution in [-0.4, -0.2) is 80.3 Å². The molecule has 134 valence electrons. The van der Waals surface area contributed by atoms with Crippen molar-refractivity contribution in [3.63, 3.8) is 0 Å². The van der Waals surface area contributed by atoms with E-state index in [4.69, 9.17) is 4.74 Å². The molecule has 1 heterocycles. The average Bonchev–Trinajstić information content (AvgIpc) is 2.89. The summed E-state index contributed by atoms with van der Waals surface area (Å²) in [7, 11) is 3.89. The molecule has 1 saturated heterocycles. The first kappa shape index (κ1) is 19.5. The van der Waals surface area contributed by atoms with Gasteiger partial charge in [-0.25, -0.2) is 4.79 Å². The van der Waals surface area contributed by atoms with Crippen molar-refractivity contribution in [2.75, 3.05) is 46.8 Å². The van der Waals surface area contributed by atoms with E-state index in [1.54, 1.807) is 7.05 Å². The van der Waals surface area contributed by atoms with Crippen molar-refractivity contribution in [1.29, 1.82) is 0 Å². The number of aliphatic imine (C=N–C) groups is 1. The van der Waals surface area contributed by atoms with Crippen molar-refractivity contribution in [2.24, 2.45) is 4.99 Å². The smallest absolute Gasteiger partial charge is 0.407 e. The quantitative estimate of drug-likeness (QED) is 0.585. The number of alkyl carbamates (subject to hydrolysis) is 1. The zero-order valence-corrected chi connectivity index (χ0v) is 15.5. The van der Waals surface area contributed by atoms with E-state index in [1.165, 1.54) is 0 Å². The van der Waals surface area contributed by atoms with Crippen LogP contribution in [0.4, 0.5) is 4.79 Å². The van der Waals surface area contributed by atoms with Crippen molar-refractivity contribution in [2.45, 2.75) is 45.8 Å². The maximum Gasteiger partial charge on any atom is 0.407 e. The van der Waals surface area contributed by atoms with Gasteiger partial charge in [0.25, 0.3) is 0 Å². The molecule has 2 N–H and O–H groups in total. The lowest BCUT2D eigenvalue weighted by Crippen LogP contribution is -2.45. The normalized spacial score (nSPS) is 19.2. The van der Waals surface area contributed by atoms with E-state index in [0.717, 1.165) is 45.1 Å². The molecule has 1 aliphatic rings. The lowest BCUT2D eigenvalue weighted by Gasteiger charge is -2.24. The van der Waals surface area contributed by atoms with Crippen molar-refractivity contribution in [3.8, 4) is 0 Å². The van der Waals surface area contributed by atoms with Gasteiger partial charge in [-0.1, -0.05) is 6.92 Å². The number of likely N-dealkylation sites (N-methyl/N-ethyl adjacent to an activating group) is 1. The Balaban J connectivity index is 2.38. The molecule has 1 unspecified atom stereocenters. The summed E-state index contributed by atoms with van der Waals surface area (Å²) in [5.41, 5.74) is -0.467. The van der Waals surface area contributed by atoms with Crippen LogP contribution < -0.4 is 10.6 Å². The molecule has 7 heteroatoms. The van der Waals surface area contributed by atoms with E-state index >= 15 is 0 Å². The van der Waals surface area contributed by atoms with Crippen molar-refractivity contribution in [3.05, 3.63) is 0 Å². The average molecular weight is 327 g/mol. The number of likely N-dealkylation sites (tertiary alicyclic amines) is 1. The zero-order chi connectivity index (χ0) is 17.5. The van der Waals surface area contributed by atoms with E-state index < -0.39 is 5.60 Å². The van der Waals surface area contributed by atoms with E-state index in [9.17, 15) is 4.79 Å². The van der Waals surface area contributed by atoms with Gasteiger partial charge in [-0.15, -0.1) is 0 Å². The predicted molar refractivity (Wildman–Crippen MR) is 93.9 cm³/mol. The Kier molecular flexibility index (Phi) is 7.61. The highest BCUT2D eigenvalue weighted by Crippen LogP contribution is 2.11. The number of hydrogen-bond donors (Lipinski definition) is 2. The van der Waals surface area contributed by atoms with E-state index in [1.807, 2.05) is 20.8 Å². The molecule has 1 rings (SSSR count). The highest BCUT2D eigenvalue weighted by atomic mass is 16.6. The minimum atomic E-state index is -0.467. The molecular weight excluding hydrogens is 294 g/mol. The fourth-order valence-corrected chi connectivity index (χ4v) is 2.39. The summed E-state index contributed by atoms with van der Waals surface area (Å²) in [5, 5.41) is 6.31. The largest absolute Gasteiger partial charge is 0.444 e. The van der Waals surface area contributed by atoms with E-state index in [-0.39, 0.29) is 12.1 Å². The molecule has 1 aliphatic heterocycles. The van der Waals surface area contributed by atoms with Gasteiger partial charge in [-0.05, 0) is 40.8 Å². The molecule has 0 saturated carbocycles. The van der Waals surface area contributed by atoms with Gasteiger partial charge in [0, 0.05) is 33.2 Å². The van der Waals surface area contributed by atoms with Gasteiger partial charge >= 0.3 is 6.09 Å². The lowest BCUT2D eigenvalue weighted by molar-refractivity contribution is 0.0507. The monoisotopic (exact) mass is 327 g/mol. The van der Waals surface area contributed by atoms with Gasteiger partial charge in [-0.2, -0.15) is 0 Å². The minimum absolute atomic E-state index is 0.0988. The number of nitrogens with one attached hydrogen (secondary N) is 2. The van der Waals surface area contributed by atoms with Crippen LogP contribution in [0.1, 0.15) is 34.1 Å². The fraction of sp³-hybridized carbons (Fsp3) is 0.875. The first-order chi connectivity index (χ1) is 10.7. The highest BCUT2D eigenvalue weighted by molar-refractivity contribution is 5.80. The molecule has 1 atom stereocenters. The van der Waals surface area contributed by atoms with Crippen molar-refractivity contribution >= 4 is 12.1 Å². The molecule has 0 radical (unpaired) electrons. The molecule has 0 aromatic heterocycles. The van der Waals surface area contributed by atoms with Crippen LogP contribution in [0.25, 0.3) is 0 Å². The van der Waals surface area contributed by atoms with Crippen molar-refractivity contribution in [1.82, 2.24) is 20.4 Å². The lowest BCUT2D eigenvalue weighted by atomic mass is 10.2. The third-order valence-corrected chi connectivity index (χ3v) is 3.74. The maximum atomic E-state index is 11.8. The molecule has 7 nitrogen and oxygen atoms in total. The standard InChI is InChI=1S/C16H33N5O2/c1-7-20(6)11-9-18-14(17-5)21-10-8-13(12-21)19-15(22)23-16(2,3)4/h13H,7-12H2,1-6H3,(H,17,18)(H,19,22). The van der Waals surface area contributed by atoms with Gasteiger partial charge in [0.15, 0.2) is 5.96 Å². The van der Waals surface area contributed by atoms with E-state index in [0.29, 0.717) is 0 Å². The minimum Gasteiger partial charge on any atom is -0.444 e. The Hall–Kier alpha value is -1.50. The fourth-order valence-electron chi connectivity index (χ4n) is 2.39. The summed E-state index contributed by atoms with van der Waals surface area (Å²) in [6.07, 6.45) is 0.548. The van der Waals surface area contributed by atoms with Crippen molar-refractivity contribution < 1.29 is 9.53 Å². The zero-order valence-electron chi connectivity index (χ0n) is 15.5. The molecule has 0 aromatic rings. The second-order valence-corrected chi connectivity index (χ2v) is 6.95. The summed E-state index contributed by atoms with van der Waals surface area (Å²) in [5.74, 6) is 0.892. The Bertz CT molecular complexity index is 406. The Morgan fingerprint density at radius 3 is 2.70 bits per heavy atom. The second kappa shape index (κ2) is 8.96. The van der Waals surface area contributed by atoms with Crippen LogP contribution in [0.15, 0.2) is 4.99 Å². The maximum absolute atomic E-state index is 11.8. The number of carbonyl (C=O) groups is 1. The Morgan fingerprint density at radius 2 is 2.13 bits per heavy atom.